The third-order valence-corrected chi connectivity index (χ3v) is 2.71. The summed E-state index contributed by atoms with van der Waals surface area (Å²) in [6, 6.07) is -0.387. The van der Waals surface area contributed by atoms with E-state index in [0.29, 0.717) is 17.7 Å². The topological polar surface area (TPSA) is 74.2 Å². The molecule has 1 heterocycles. The molecule has 0 aliphatic rings. The summed E-state index contributed by atoms with van der Waals surface area (Å²) in [5.74, 6) is 1.88. The molecule has 0 aliphatic heterocycles. The second kappa shape index (κ2) is 6.49. The summed E-state index contributed by atoms with van der Waals surface area (Å²) in [4.78, 5) is 28.3. The number of nitrogens with zero attached hydrogens (tertiary/aromatic N) is 5. The molecule has 0 saturated heterocycles. The average Bonchev–Trinajstić information content (AvgIpc) is 2.36. The van der Waals surface area contributed by atoms with Crippen molar-refractivity contribution in [2.75, 3.05) is 38.4 Å². The van der Waals surface area contributed by atoms with Crippen LogP contribution in [-0.2, 0) is 4.79 Å². The van der Waals surface area contributed by atoms with Gasteiger partial charge in [-0.05, 0) is 6.92 Å². The Balaban J connectivity index is 3.02. The van der Waals surface area contributed by atoms with Crippen molar-refractivity contribution in [3.8, 4) is 0 Å². The van der Waals surface area contributed by atoms with Crippen LogP contribution in [0.5, 0.6) is 0 Å². The molecule has 0 bridgehead atoms. The second-order valence-electron chi connectivity index (χ2n) is 5.47. The van der Waals surface area contributed by atoms with Crippen molar-refractivity contribution in [1.29, 1.82) is 0 Å². The Hall–Kier alpha value is -1.92. The summed E-state index contributed by atoms with van der Waals surface area (Å²) >= 11 is 0. The number of likely N-dealkylation sites (N-methyl/N-ethyl adjacent to an activating group) is 1. The van der Waals surface area contributed by atoms with Gasteiger partial charge in [0, 0.05) is 34.1 Å². The molecule has 1 rings (SSSR count). The summed E-state index contributed by atoms with van der Waals surface area (Å²) in [7, 11) is 7.19. The van der Waals surface area contributed by atoms with Crippen LogP contribution >= 0.6 is 0 Å². The van der Waals surface area contributed by atoms with Gasteiger partial charge in [-0.3, -0.25) is 4.79 Å². The Morgan fingerprint density at radius 3 is 2.10 bits per heavy atom. The van der Waals surface area contributed by atoms with Crippen LogP contribution in [-0.4, -0.2) is 60.0 Å². The van der Waals surface area contributed by atoms with Gasteiger partial charge in [0.2, 0.25) is 17.8 Å². The molecule has 20 heavy (non-hydrogen) atoms. The van der Waals surface area contributed by atoms with E-state index in [9.17, 15) is 4.79 Å². The molecule has 1 atom stereocenters. The molecule has 0 unspecified atom stereocenters. The Bertz CT molecular complexity index is 446. The van der Waals surface area contributed by atoms with Crippen LogP contribution in [0.3, 0.4) is 0 Å². The number of carbonyl (C=O) groups excluding carboxylic acids is 1. The molecule has 7 nitrogen and oxygen atoms in total. The van der Waals surface area contributed by atoms with Crippen LogP contribution in [0.25, 0.3) is 0 Å². The summed E-state index contributed by atoms with van der Waals surface area (Å²) in [5.41, 5.74) is 0. The molecule has 1 N–H and O–H groups in total. The highest BCUT2D eigenvalue weighted by Gasteiger charge is 2.17. The van der Waals surface area contributed by atoms with Gasteiger partial charge in [0.05, 0.1) is 0 Å². The smallest absolute Gasteiger partial charge is 0.244 e. The van der Waals surface area contributed by atoms with E-state index in [4.69, 9.17) is 0 Å². The van der Waals surface area contributed by atoms with E-state index in [2.05, 4.69) is 20.3 Å². The van der Waals surface area contributed by atoms with Gasteiger partial charge in [-0.15, -0.1) is 0 Å². The fourth-order valence-electron chi connectivity index (χ4n) is 1.55. The minimum atomic E-state index is -0.387. The standard InChI is InChI=1S/C13H24N6O/c1-8(2)10-15-12(17-13(16-10)19(6)7)14-9(3)11(20)18(4)5/h8-9H,1-7H3,(H,14,15,16,17)/t9-/m0/s1. The number of aromatic nitrogens is 3. The van der Waals surface area contributed by atoms with Crippen molar-refractivity contribution in [3.05, 3.63) is 5.82 Å². The van der Waals surface area contributed by atoms with Crippen LogP contribution < -0.4 is 10.2 Å². The molecule has 0 aromatic carbocycles. The van der Waals surface area contributed by atoms with E-state index in [-0.39, 0.29) is 17.9 Å². The highest BCUT2D eigenvalue weighted by atomic mass is 16.2. The highest BCUT2D eigenvalue weighted by molar-refractivity contribution is 5.83. The molecule has 1 amide bonds. The summed E-state index contributed by atoms with van der Waals surface area (Å²) in [6.45, 7) is 5.83. The minimum absolute atomic E-state index is 0.0251. The fourth-order valence-corrected chi connectivity index (χ4v) is 1.55. The lowest BCUT2D eigenvalue weighted by atomic mass is 10.2. The van der Waals surface area contributed by atoms with Crippen molar-refractivity contribution in [2.24, 2.45) is 0 Å². The highest BCUT2D eigenvalue weighted by Crippen LogP contribution is 2.15. The number of anilines is 2. The molecule has 1 aromatic heterocycles. The van der Waals surface area contributed by atoms with Crippen LogP contribution in [0.4, 0.5) is 11.9 Å². The Labute approximate surface area is 120 Å². The molecule has 0 radical (unpaired) electrons. The lowest BCUT2D eigenvalue weighted by molar-refractivity contribution is -0.129. The van der Waals surface area contributed by atoms with Gasteiger partial charge in [-0.25, -0.2) is 0 Å². The SMILES string of the molecule is CC(C)c1nc(N[C@@H](C)C(=O)N(C)C)nc(N(C)C)n1. The molecule has 0 saturated carbocycles. The van der Waals surface area contributed by atoms with Gasteiger partial charge in [0.1, 0.15) is 11.9 Å². The van der Waals surface area contributed by atoms with E-state index < -0.39 is 0 Å². The predicted octanol–water partition coefficient (Wildman–Crippen LogP) is 0.950. The number of amides is 1. The van der Waals surface area contributed by atoms with Crippen LogP contribution in [0.1, 0.15) is 32.5 Å². The Kier molecular flexibility index (Phi) is 5.24. The normalized spacial score (nSPS) is 12.2. The first-order chi connectivity index (χ1) is 9.22. The quantitative estimate of drug-likeness (QED) is 0.865. The number of nitrogens with one attached hydrogen (secondary N) is 1. The molecular formula is C13H24N6O. The van der Waals surface area contributed by atoms with Gasteiger partial charge in [0.15, 0.2) is 0 Å². The number of hydrogen-bond donors (Lipinski definition) is 1. The first-order valence-electron chi connectivity index (χ1n) is 6.63. The molecule has 0 fully saturated rings. The van der Waals surface area contributed by atoms with Crippen LogP contribution in [0.15, 0.2) is 0 Å². The lowest BCUT2D eigenvalue weighted by Crippen LogP contribution is -2.37. The molecular weight excluding hydrogens is 256 g/mol. The van der Waals surface area contributed by atoms with Crippen molar-refractivity contribution < 1.29 is 4.79 Å². The molecule has 0 aliphatic carbocycles. The summed E-state index contributed by atoms with van der Waals surface area (Å²) in [5, 5.41) is 3.03. The van der Waals surface area contributed by atoms with E-state index in [0.717, 1.165) is 0 Å². The zero-order valence-electron chi connectivity index (χ0n) is 13.3. The van der Waals surface area contributed by atoms with Crippen molar-refractivity contribution in [2.45, 2.75) is 32.7 Å². The second-order valence-corrected chi connectivity index (χ2v) is 5.47. The van der Waals surface area contributed by atoms with Gasteiger partial charge in [0.25, 0.3) is 0 Å². The summed E-state index contributed by atoms with van der Waals surface area (Å²) in [6.07, 6.45) is 0. The van der Waals surface area contributed by atoms with Crippen molar-refractivity contribution >= 4 is 17.8 Å². The Morgan fingerprint density at radius 1 is 1.05 bits per heavy atom. The molecule has 1 aromatic rings. The Morgan fingerprint density at radius 2 is 1.65 bits per heavy atom. The zero-order chi connectivity index (χ0) is 15.4. The third-order valence-electron chi connectivity index (χ3n) is 2.71. The monoisotopic (exact) mass is 280 g/mol. The van der Waals surface area contributed by atoms with Gasteiger partial charge < -0.3 is 15.1 Å². The molecule has 112 valence electrons. The van der Waals surface area contributed by atoms with Crippen molar-refractivity contribution in [3.63, 3.8) is 0 Å². The van der Waals surface area contributed by atoms with E-state index in [1.807, 2.05) is 32.8 Å². The predicted molar refractivity (Wildman–Crippen MR) is 80.0 cm³/mol. The summed E-state index contributed by atoms with van der Waals surface area (Å²) < 4.78 is 0. The van der Waals surface area contributed by atoms with Gasteiger partial charge in [-0.1, -0.05) is 13.8 Å². The first-order valence-corrected chi connectivity index (χ1v) is 6.63. The molecule has 0 spiro atoms. The van der Waals surface area contributed by atoms with Crippen LogP contribution in [0.2, 0.25) is 0 Å². The fraction of sp³-hybridized carbons (Fsp3) is 0.692. The maximum atomic E-state index is 11.9. The number of rotatable bonds is 5. The lowest BCUT2D eigenvalue weighted by Gasteiger charge is -2.19. The number of carbonyl (C=O) groups is 1. The number of hydrogen-bond acceptors (Lipinski definition) is 6. The minimum Gasteiger partial charge on any atom is -0.347 e. The van der Waals surface area contributed by atoms with E-state index in [1.165, 1.54) is 4.90 Å². The van der Waals surface area contributed by atoms with Crippen LogP contribution in [0, 0.1) is 0 Å². The zero-order valence-corrected chi connectivity index (χ0v) is 13.3. The van der Waals surface area contributed by atoms with Crippen molar-refractivity contribution in [1.82, 2.24) is 19.9 Å². The van der Waals surface area contributed by atoms with E-state index >= 15 is 0 Å². The largest absolute Gasteiger partial charge is 0.347 e. The third kappa shape index (κ3) is 4.04. The average molecular weight is 280 g/mol. The van der Waals surface area contributed by atoms with Gasteiger partial charge >= 0.3 is 0 Å². The maximum Gasteiger partial charge on any atom is 0.244 e. The van der Waals surface area contributed by atoms with E-state index in [1.54, 1.807) is 21.0 Å². The first kappa shape index (κ1) is 16.1. The maximum absolute atomic E-state index is 11.9. The molecule has 7 heteroatoms. The van der Waals surface area contributed by atoms with Gasteiger partial charge in [-0.2, -0.15) is 15.0 Å².